The Kier molecular flexibility index (Phi) is 3.29. The molecule has 0 aliphatic carbocycles. The van der Waals surface area contributed by atoms with Gasteiger partial charge >= 0.3 is 11.8 Å². The first kappa shape index (κ1) is 11.7. The maximum atomic E-state index is 11.9. The van der Waals surface area contributed by atoms with E-state index >= 15 is 0 Å². The Bertz CT molecular complexity index is 517. The zero-order valence-corrected chi connectivity index (χ0v) is 9.35. The van der Waals surface area contributed by atoms with Gasteiger partial charge < -0.3 is 5.73 Å². The summed E-state index contributed by atoms with van der Waals surface area (Å²) in [4.78, 5) is 31.9. The van der Waals surface area contributed by atoms with E-state index < -0.39 is 11.8 Å². The molecule has 2 amide bonds. The van der Waals surface area contributed by atoms with Crippen molar-refractivity contribution in [2.24, 2.45) is 5.73 Å². The monoisotopic (exact) mass is 242 g/mol. The number of amides is 2. The van der Waals surface area contributed by atoms with E-state index in [-0.39, 0.29) is 0 Å². The zero-order chi connectivity index (χ0) is 13.0. The number of hydrogen-bond donors (Lipinski definition) is 1. The second kappa shape index (κ2) is 5.05. The van der Waals surface area contributed by atoms with Gasteiger partial charge in [0.25, 0.3) is 0 Å². The molecule has 2 N–H and O–H groups in total. The Labute approximate surface area is 103 Å². The van der Waals surface area contributed by atoms with Crippen LogP contribution in [0.3, 0.4) is 0 Å². The van der Waals surface area contributed by atoms with Crippen LogP contribution in [0.15, 0.2) is 49.1 Å². The van der Waals surface area contributed by atoms with Crippen molar-refractivity contribution in [1.82, 2.24) is 9.97 Å². The fraction of sp³-hybridized carbons (Fsp3) is 0. The second-order valence-electron chi connectivity index (χ2n) is 3.42. The van der Waals surface area contributed by atoms with Crippen LogP contribution in [0.1, 0.15) is 0 Å². The predicted octanol–water partition coefficient (Wildman–Crippen LogP) is 0.627. The van der Waals surface area contributed by atoms with E-state index in [1.807, 2.05) is 0 Å². The van der Waals surface area contributed by atoms with Crippen molar-refractivity contribution in [3.8, 4) is 0 Å². The number of carbonyl (C=O) groups is 2. The standard InChI is InChI=1S/C12H10N4O2/c13-11(17)12(18)16(9-1-5-14-6-2-9)10-3-7-15-8-4-10/h1-8H,(H2,13,17). The second-order valence-corrected chi connectivity index (χ2v) is 3.42. The highest BCUT2D eigenvalue weighted by Crippen LogP contribution is 2.23. The summed E-state index contributed by atoms with van der Waals surface area (Å²) in [6.07, 6.45) is 6.10. The van der Waals surface area contributed by atoms with Crippen molar-refractivity contribution in [2.45, 2.75) is 0 Å². The van der Waals surface area contributed by atoms with Crippen LogP contribution in [-0.2, 0) is 9.59 Å². The Hall–Kier alpha value is -2.76. The van der Waals surface area contributed by atoms with Crippen LogP contribution < -0.4 is 10.6 Å². The number of carbonyl (C=O) groups excluding carboxylic acids is 2. The van der Waals surface area contributed by atoms with Crippen molar-refractivity contribution in [2.75, 3.05) is 4.90 Å². The summed E-state index contributed by atoms with van der Waals surface area (Å²) in [5.41, 5.74) is 6.08. The lowest BCUT2D eigenvalue weighted by atomic mass is 10.2. The van der Waals surface area contributed by atoms with Gasteiger partial charge in [0, 0.05) is 24.8 Å². The molecule has 0 saturated heterocycles. The summed E-state index contributed by atoms with van der Waals surface area (Å²) in [7, 11) is 0. The molecule has 2 heterocycles. The number of rotatable bonds is 2. The molecule has 6 nitrogen and oxygen atoms in total. The first-order valence-corrected chi connectivity index (χ1v) is 5.14. The van der Waals surface area contributed by atoms with Crippen LogP contribution >= 0.6 is 0 Å². The first-order valence-electron chi connectivity index (χ1n) is 5.14. The number of hydrogen-bond acceptors (Lipinski definition) is 4. The Morgan fingerprint density at radius 2 is 1.28 bits per heavy atom. The molecule has 0 fully saturated rings. The van der Waals surface area contributed by atoms with Crippen molar-refractivity contribution in [3.63, 3.8) is 0 Å². The quantitative estimate of drug-likeness (QED) is 0.782. The van der Waals surface area contributed by atoms with Crippen LogP contribution in [0.5, 0.6) is 0 Å². The molecule has 0 bridgehead atoms. The van der Waals surface area contributed by atoms with Crippen molar-refractivity contribution in [1.29, 1.82) is 0 Å². The van der Waals surface area contributed by atoms with Gasteiger partial charge in [-0.05, 0) is 24.3 Å². The van der Waals surface area contributed by atoms with Crippen LogP contribution in [0, 0.1) is 0 Å². The van der Waals surface area contributed by atoms with Crippen LogP contribution in [-0.4, -0.2) is 21.8 Å². The van der Waals surface area contributed by atoms with Gasteiger partial charge in [0.15, 0.2) is 0 Å². The third-order valence-corrected chi connectivity index (χ3v) is 2.26. The number of anilines is 2. The van der Waals surface area contributed by atoms with Crippen molar-refractivity contribution in [3.05, 3.63) is 49.1 Å². The minimum Gasteiger partial charge on any atom is -0.361 e. The molecule has 0 aliphatic rings. The number of primary amides is 1. The van der Waals surface area contributed by atoms with E-state index in [9.17, 15) is 9.59 Å². The molecule has 0 radical (unpaired) electrons. The van der Waals surface area contributed by atoms with Gasteiger partial charge in [-0.2, -0.15) is 0 Å². The molecule has 0 saturated carbocycles. The topological polar surface area (TPSA) is 89.2 Å². The molecule has 2 rings (SSSR count). The summed E-state index contributed by atoms with van der Waals surface area (Å²) in [5, 5.41) is 0. The minimum atomic E-state index is -1.02. The summed E-state index contributed by atoms with van der Waals surface area (Å²) in [6.45, 7) is 0. The smallest absolute Gasteiger partial charge is 0.320 e. The van der Waals surface area contributed by atoms with E-state index in [1.54, 1.807) is 24.3 Å². The molecule has 0 aromatic carbocycles. The lowest BCUT2D eigenvalue weighted by Gasteiger charge is -2.20. The van der Waals surface area contributed by atoms with E-state index in [0.717, 1.165) is 0 Å². The summed E-state index contributed by atoms with van der Waals surface area (Å²) < 4.78 is 0. The Morgan fingerprint density at radius 1 is 0.889 bits per heavy atom. The molecule has 0 atom stereocenters. The molecule has 6 heteroatoms. The van der Waals surface area contributed by atoms with Gasteiger partial charge in [0.05, 0.1) is 11.4 Å². The lowest BCUT2D eigenvalue weighted by molar-refractivity contribution is -0.135. The maximum absolute atomic E-state index is 11.9. The average molecular weight is 242 g/mol. The largest absolute Gasteiger partial charge is 0.361 e. The molecule has 18 heavy (non-hydrogen) atoms. The van der Waals surface area contributed by atoms with Gasteiger partial charge in [-0.15, -0.1) is 0 Å². The first-order chi connectivity index (χ1) is 8.70. The molecule has 0 aliphatic heterocycles. The molecule has 0 unspecified atom stereocenters. The normalized spacial score (nSPS) is 9.78. The van der Waals surface area contributed by atoms with E-state index in [1.165, 1.54) is 29.7 Å². The predicted molar refractivity (Wildman–Crippen MR) is 64.8 cm³/mol. The van der Waals surface area contributed by atoms with E-state index in [4.69, 9.17) is 5.73 Å². The minimum absolute atomic E-state index is 0.514. The van der Waals surface area contributed by atoms with Crippen LogP contribution in [0.25, 0.3) is 0 Å². The van der Waals surface area contributed by atoms with Gasteiger partial charge in [-0.3, -0.25) is 24.5 Å². The summed E-state index contributed by atoms with van der Waals surface area (Å²) >= 11 is 0. The summed E-state index contributed by atoms with van der Waals surface area (Å²) in [6, 6.07) is 6.45. The molecular formula is C12H10N4O2. The van der Waals surface area contributed by atoms with Crippen molar-refractivity contribution >= 4 is 23.2 Å². The fourth-order valence-corrected chi connectivity index (χ4v) is 1.48. The van der Waals surface area contributed by atoms with Crippen LogP contribution in [0.2, 0.25) is 0 Å². The maximum Gasteiger partial charge on any atom is 0.320 e. The van der Waals surface area contributed by atoms with E-state index in [0.29, 0.717) is 11.4 Å². The molecular weight excluding hydrogens is 232 g/mol. The molecule has 0 spiro atoms. The Balaban J connectivity index is 2.48. The lowest BCUT2D eigenvalue weighted by Crippen LogP contribution is -2.37. The number of pyridine rings is 2. The molecule has 2 aromatic rings. The number of nitrogens with two attached hydrogens (primary N) is 1. The highest BCUT2D eigenvalue weighted by molar-refractivity contribution is 6.41. The fourth-order valence-electron chi connectivity index (χ4n) is 1.48. The van der Waals surface area contributed by atoms with Gasteiger partial charge in [-0.1, -0.05) is 0 Å². The summed E-state index contributed by atoms with van der Waals surface area (Å²) in [5.74, 6) is -1.84. The van der Waals surface area contributed by atoms with Gasteiger partial charge in [0.2, 0.25) is 0 Å². The van der Waals surface area contributed by atoms with Gasteiger partial charge in [0.1, 0.15) is 0 Å². The number of aromatic nitrogens is 2. The average Bonchev–Trinajstić information content (AvgIpc) is 2.41. The molecule has 2 aromatic heterocycles. The van der Waals surface area contributed by atoms with Crippen molar-refractivity contribution < 1.29 is 9.59 Å². The van der Waals surface area contributed by atoms with E-state index in [2.05, 4.69) is 9.97 Å². The number of nitrogens with zero attached hydrogens (tertiary/aromatic N) is 3. The van der Waals surface area contributed by atoms with Crippen LogP contribution in [0.4, 0.5) is 11.4 Å². The van der Waals surface area contributed by atoms with Gasteiger partial charge in [-0.25, -0.2) is 0 Å². The zero-order valence-electron chi connectivity index (χ0n) is 9.35. The SMILES string of the molecule is NC(=O)C(=O)N(c1ccncc1)c1ccncc1. The third-order valence-electron chi connectivity index (χ3n) is 2.26. The highest BCUT2D eigenvalue weighted by Gasteiger charge is 2.22. The molecule has 90 valence electrons. The highest BCUT2D eigenvalue weighted by atomic mass is 16.2. The third kappa shape index (κ3) is 2.32. The Morgan fingerprint density at radius 3 is 1.61 bits per heavy atom.